The van der Waals surface area contributed by atoms with Crippen molar-refractivity contribution in [2.75, 3.05) is 31.4 Å². The summed E-state index contributed by atoms with van der Waals surface area (Å²) in [7, 11) is 1.83. The maximum Gasteiger partial charge on any atom is 0.226 e. The van der Waals surface area contributed by atoms with Gasteiger partial charge < -0.3 is 15.4 Å². The first-order valence-electron chi connectivity index (χ1n) is 6.28. The van der Waals surface area contributed by atoms with Crippen molar-refractivity contribution in [3.8, 4) is 5.75 Å². The minimum atomic E-state index is 0.0936. The first-order valence-corrected chi connectivity index (χ1v) is 7.67. The lowest BCUT2D eigenvalue weighted by Crippen LogP contribution is -2.37. The smallest absolute Gasteiger partial charge is 0.226 e. The summed E-state index contributed by atoms with van der Waals surface area (Å²) < 4.78 is 5.52. The lowest BCUT2D eigenvalue weighted by Gasteiger charge is -2.24. The molecule has 1 aromatic rings. The van der Waals surface area contributed by atoms with Crippen molar-refractivity contribution in [3.63, 3.8) is 0 Å². The summed E-state index contributed by atoms with van der Waals surface area (Å²) in [5, 5.41) is 0. The van der Waals surface area contributed by atoms with E-state index in [0.717, 1.165) is 5.75 Å². The molecule has 0 aliphatic rings. The van der Waals surface area contributed by atoms with E-state index >= 15 is 0 Å². The molecule has 0 aliphatic heterocycles. The molecular formula is C14H22N2O2S. The van der Waals surface area contributed by atoms with Gasteiger partial charge in [0.1, 0.15) is 5.75 Å². The first kappa shape index (κ1) is 15.7. The van der Waals surface area contributed by atoms with E-state index in [0.29, 0.717) is 24.5 Å². The maximum absolute atomic E-state index is 11.9. The predicted molar refractivity (Wildman–Crippen MR) is 81.6 cm³/mol. The van der Waals surface area contributed by atoms with Crippen LogP contribution in [0.15, 0.2) is 24.3 Å². The number of carbonyl (C=O) groups excluding carboxylic acids is 1. The maximum atomic E-state index is 11.9. The fourth-order valence-electron chi connectivity index (χ4n) is 1.64. The van der Waals surface area contributed by atoms with Crippen molar-refractivity contribution in [3.05, 3.63) is 24.3 Å². The molecule has 0 radical (unpaired) electrons. The molecule has 5 heteroatoms. The number of para-hydroxylation sites is 2. The Morgan fingerprint density at radius 3 is 2.79 bits per heavy atom. The molecule has 1 atom stereocenters. The molecular weight excluding hydrogens is 260 g/mol. The second-order valence-corrected chi connectivity index (χ2v) is 5.36. The summed E-state index contributed by atoms with van der Waals surface area (Å²) >= 11 is 1.74. The Balaban J connectivity index is 2.37. The third kappa shape index (κ3) is 5.03. The van der Waals surface area contributed by atoms with Crippen molar-refractivity contribution >= 4 is 23.4 Å². The number of carbonyl (C=O) groups is 1. The van der Waals surface area contributed by atoms with E-state index in [9.17, 15) is 4.79 Å². The molecule has 0 spiro atoms. The summed E-state index contributed by atoms with van der Waals surface area (Å²) in [4.78, 5) is 13.7. The van der Waals surface area contributed by atoms with Gasteiger partial charge in [0.15, 0.2) is 0 Å². The summed E-state index contributed by atoms with van der Waals surface area (Å²) in [6, 6.07) is 7.54. The van der Waals surface area contributed by atoms with Crippen LogP contribution in [-0.2, 0) is 4.79 Å². The Labute approximate surface area is 119 Å². The Kier molecular flexibility index (Phi) is 6.56. The molecule has 2 N–H and O–H groups in total. The molecule has 1 rings (SSSR count). The SMILES string of the molecule is CSCC(C)N(C)C(=O)CCOc1ccccc1N. The van der Waals surface area contributed by atoms with Crippen LogP contribution in [0.3, 0.4) is 0 Å². The average molecular weight is 282 g/mol. The molecule has 0 bridgehead atoms. The highest BCUT2D eigenvalue weighted by atomic mass is 32.2. The van der Waals surface area contributed by atoms with Crippen LogP contribution in [0.5, 0.6) is 5.75 Å². The van der Waals surface area contributed by atoms with Gasteiger partial charge >= 0.3 is 0 Å². The number of ether oxygens (including phenoxy) is 1. The van der Waals surface area contributed by atoms with Crippen molar-refractivity contribution in [1.82, 2.24) is 4.90 Å². The van der Waals surface area contributed by atoms with Gasteiger partial charge in [-0.2, -0.15) is 11.8 Å². The van der Waals surface area contributed by atoms with E-state index < -0.39 is 0 Å². The van der Waals surface area contributed by atoms with Gasteiger partial charge in [0.2, 0.25) is 5.91 Å². The van der Waals surface area contributed by atoms with Crippen LogP contribution in [-0.4, -0.2) is 42.5 Å². The molecule has 0 heterocycles. The lowest BCUT2D eigenvalue weighted by atomic mass is 10.3. The van der Waals surface area contributed by atoms with Crippen LogP contribution in [0, 0.1) is 0 Å². The van der Waals surface area contributed by atoms with Crippen molar-refractivity contribution in [1.29, 1.82) is 0 Å². The van der Waals surface area contributed by atoms with Gasteiger partial charge in [-0.15, -0.1) is 0 Å². The molecule has 0 aliphatic carbocycles. The summed E-state index contributed by atoms with van der Waals surface area (Å²) in [6.45, 7) is 2.40. The Morgan fingerprint density at radius 2 is 2.16 bits per heavy atom. The van der Waals surface area contributed by atoms with Gasteiger partial charge in [0.05, 0.1) is 18.7 Å². The molecule has 19 heavy (non-hydrogen) atoms. The zero-order valence-corrected chi connectivity index (χ0v) is 12.6. The second kappa shape index (κ2) is 7.94. The number of nitrogens with two attached hydrogens (primary N) is 1. The number of anilines is 1. The van der Waals surface area contributed by atoms with Crippen LogP contribution in [0.25, 0.3) is 0 Å². The van der Waals surface area contributed by atoms with E-state index in [-0.39, 0.29) is 11.9 Å². The largest absolute Gasteiger partial charge is 0.491 e. The minimum absolute atomic E-state index is 0.0936. The zero-order valence-electron chi connectivity index (χ0n) is 11.8. The fraction of sp³-hybridized carbons (Fsp3) is 0.500. The number of nitrogen functional groups attached to an aromatic ring is 1. The summed E-state index contributed by atoms with van der Waals surface area (Å²) in [5.74, 6) is 1.67. The normalized spacial score (nSPS) is 11.9. The minimum Gasteiger partial charge on any atom is -0.491 e. The van der Waals surface area contributed by atoms with Gasteiger partial charge in [-0.3, -0.25) is 4.79 Å². The van der Waals surface area contributed by atoms with E-state index in [1.54, 1.807) is 28.8 Å². The number of hydrogen-bond donors (Lipinski definition) is 1. The highest BCUT2D eigenvalue weighted by molar-refractivity contribution is 7.98. The van der Waals surface area contributed by atoms with E-state index in [1.165, 1.54) is 0 Å². The number of rotatable bonds is 7. The molecule has 1 aromatic carbocycles. The van der Waals surface area contributed by atoms with Crippen LogP contribution >= 0.6 is 11.8 Å². The number of hydrogen-bond acceptors (Lipinski definition) is 4. The molecule has 4 nitrogen and oxygen atoms in total. The standard InChI is InChI=1S/C14H22N2O2S/c1-11(10-19-3)16(2)14(17)8-9-18-13-7-5-4-6-12(13)15/h4-7,11H,8-10,15H2,1-3H3. The van der Waals surface area contributed by atoms with Crippen LogP contribution in [0.4, 0.5) is 5.69 Å². The molecule has 0 saturated heterocycles. The predicted octanol–water partition coefficient (Wildman–Crippen LogP) is 2.25. The lowest BCUT2D eigenvalue weighted by molar-refractivity contribution is -0.131. The fourth-order valence-corrected chi connectivity index (χ4v) is 2.34. The molecule has 1 amide bonds. The summed E-state index contributed by atoms with van der Waals surface area (Å²) in [5.41, 5.74) is 6.36. The van der Waals surface area contributed by atoms with Gasteiger partial charge in [-0.25, -0.2) is 0 Å². The molecule has 106 valence electrons. The molecule has 0 saturated carbocycles. The van der Waals surface area contributed by atoms with Crippen molar-refractivity contribution in [2.45, 2.75) is 19.4 Å². The first-order chi connectivity index (χ1) is 9.06. The third-order valence-electron chi connectivity index (χ3n) is 2.95. The Bertz CT molecular complexity index is 412. The van der Waals surface area contributed by atoms with Crippen molar-refractivity contribution < 1.29 is 9.53 Å². The van der Waals surface area contributed by atoms with Gasteiger partial charge in [0, 0.05) is 18.8 Å². The highest BCUT2D eigenvalue weighted by Gasteiger charge is 2.15. The van der Waals surface area contributed by atoms with Crippen molar-refractivity contribution in [2.24, 2.45) is 0 Å². The molecule has 0 aromatic heterocycles. The van der Waals surface area contributed by atoms with Gasteiger partial charge in [0.25, 0.3) is 0 Å². The zero-order chi connectivity index (χ0) is 14.3. The van der Waals surface area contributed by atoms with Crippen LogP contribution < -0.4 is 10.5 Å². The van der Waals surface area contributed by atoms with Gasteiger partial charge in [-0.05, 0) is 25.3 Å². The second-order valence-electron chi connectivity index (χ2n) is 4.45. The number of thioether (sulfide) groups is 1. The number of amides is 1. The number of nitrogens with zero attached hydrogens (tertiary/aromatic N) is 1. The van der Waals surface area contributed by atoms with Crippen LogP contribution in [0.1, 0.15) is 13.3 Å². The molecule has 1 unspecified atom stereocenters. The van der Waals surface area contributed by atoms with E-state index in [1.807, 2.05) is 32.4 Å². The third-order valence-corrected chi connectivity index (χ3v) is 3.77. The highest BCUT2D eigenvalue weighted by Crippen LogP contribution is 2.19. The quantitative estimate of drug-likeness (QED) is 0.779. The Morgan fingerprint density at radius 1 is 1.47 bits per heavy atom. The topological polar surface area (TPSA) is 55.6 Å². The number of benzene rings is 1. The summed E-state index contributed by atoms with van der Waals surface area (Å²) in [6.07, 6.45) is 2.40. The Hall–Kier alpha value is -1.36. The van der Waals surface area contributed by atoms with Gasteiger partial charge in [-0.1, -0.05) is 12.1 Å². The monoisotopic (exact) mass is 282 g/mol. The van der Waals surface area contributed by atoms with Crippen LogP contribution in [0.2, 0.25) is 0 Å². The molecule has 0 fully saturated rings. The average Bonchev–Trinajstić information content (AvgIpc) is 2.40. The van der Waals surface area contributed by atoms with E-state index in [4.69, 9.17) is 10.5 Å². The van der Waals surface area contributed by atoms with E-state index in [2.05, 4.69) is 0 Å².